The SMILES string of the molecule is COCCNC(=O)CCn1cncc1C(N)CC(C)C. The van der Waals surface area contributed by atoms with Crippen LogP contribution in [0, 0.1) is 5.92 Å². The molecular weight excluding hydrogens is 256 g/mol. The van der Waals surface area contributed by atoms with E-state index in [4.69, 9.17) is 10.5 Å². The Kier molecular flexibility index (Phi) is 7.25. The third-order valence-corrected chi connectivity index (χ3v) is 3.06. The molecular formula is C14H26N4O2. The first-order valence-electron chi connectivity index (χ1n) is 7.05. The fraction of sp³-hybridized carbons (Fsp3) is 0.714. The van der Waals surface area contributed by atoms with Gasteiger partial charge in [-0.15, -0.1) is 0 Å². The van der Waals surface area contributed by atoms with Gasteiger partial charge in [-0.2, -0.15) is 0 Å². The number of hydrogen-bond donors (Lipinski definition) is 2. The van der Waals surface area contributed by atoms with Crippen LogP contribution in [0.3, 0.4) is 0 Å². The van der Waals surface area contributed by atoms with Crippen LogP contribution in [-0.4, -0.2) is 35.7 Å². The molecule has 1 heterocycles. The minimum atomic E-state index is -0.0333. The first-order valence-corrected chi connectivity index (χ1v) is 7.05. The summed E-state index contributed by atoms with van der Waals surface area (Å²) in [6.45, 7) is 5.95. The van der Waals surface area contributed by atoms with E-state index in [2.05, 4.69) is 24.1 Å². The van der Waals surface area contributed by atoms with Gasteiger partial charge < -0.3 is 20.4 Å². The lowest BCUT2D eigenvalue weighted by atomic mass is 10.0. The molecule has 0 aliphatic rings. The van der Waals surface area contributed by atoms with Gasteiger partial charge in [0.2, 0.25) is 5.91 Å². The second-order valence-electron chi connectivity index (χ2n) is 5.34. The van der Waals surface area contributed by atoms with Crippen molar-refractivity contribution in [3.8, 4) is 0 Å². The van der Waals surface area contributed by atoms with Crippen molar-refractivity contribution in [1.29, 1.82) is 0 Å². The van der Waals surface area contributed by atoms with Gasteiger partial charge in [0.1, 0.15) is 0 Å². The number of nitrogens with zero attached hydrogens (tertiary/aromatic N) is 2. The molecule has 6 nitrogen and oxygen atoms in total. The van der Waals surface area contributed by atoms with Crippen LogP contribution in [0.4, 0.5) is 0 Å². The second-order valence-corrected chi connectivity index (χ2v) is 5.34. The van der Waals surface area contributed by atoms with Crippen molar-refractivity contribution in [2.75, 3.05) is 20.3 Å². The molecule has 114 valence electrons. The summed E-state index contributed by atoms with van der Waals surface area (Å²) >= 11 is 0. The Bertz CT molecular complexity index is 404. The molecule has 1 rings (SSSR count). The number of amides is 1. The van der Waals surface area contributed by atoms with E-state index < -0.39 is 0 Å². The number of carbonyl (C=O) groups is 1. The number of aromatic nitrogens is 2. The molecule has 1 aromatic heterocycles. The zero-order valence-electron chi connectivity index (χ0n) is 12.6. The molecule has 0 bridgehead atoms. The molecule has 20 heavy (non-hydrogen) atoms. The lowest BCUT2D eigenvalue weighted by Crippen LogP contribution is -2.28. The minimum Gasteiger partial charge on any atom is -0.383 e. The van der Waals surface area contributed by atoms with Crippen molar-refractivity contribution in [3.05, 3.63) is 18.2 Å². The van der Waals surface area contributed by atoms with E-state index in [1.165, 1.54) is 0 Å². The van der Waals surface area contributed by atoms with Crippen LogP contribution in [0.25, 0.3) is 0 Å². The molecule has 0 saturated carbocycles. The summed E-state index contributed by atoms with van der Waals surface area (Å²) in [4.78, 5) is 15.8. The molecule has 0 aliphatic carbocycles. The predicted octanol–water partition coefficient (Wildman–Crippen LogP) is 1.08. The van der Waals surface area contributed by atoms with Gasteiger partial charge in [0.15, 0.2) is 0 Å². The fourth-order valence-electron chi connectivity index (χ4n) is 2.06. The molecule has 1 aromatic rings. The molecule has 0 spiro atoms. The van der Waals surface area contributed by atoms with E-state index in [0.717, 1.165) is 12.1 Å². The summed E-state index contributed by atoms with van der Waals surface area (Å²) in [5, 5.41) is 2.80. The Hall–Kier alpha value is -1.40. The molecule has 0 radical (unpaired) electrons. The molecule has 0 saturated heterocycles. The Balaban J connectivity index is 2.44. The molecule has 1 amide bonds. The number of nitrogens with two attached hydrogens (primary N) is 1. The molecule has 3 N–H and O–H groups in total. The average Bonchev–Trinajstić information content (AvgIpc) is 2.84. The normalized spacial score (nSPS) is 12.7. The van der Waals surface area contributed by atoms with E-state index in [9.17, 15) is 4.79 Å². The minimum absolute atomic E-state index is 0.0131. The van der Waals surface area contributed by atoms with E-state index in [0.29, 0.717) is 32.0 Å². The van der Waals surface area contributed by atoms with Crippen molar-refractivity contribution >= 4 is 5.91 Å². The van der Waals surface area contributed by atoms with Gasteiger partial charge in [0.25, 0.3) is 0 Å². The van der Waals surface area contributed by atoms with Crippen LogP contribution in [0.5, 0.6) is 0 Å². The van der Waals surface area contributed by atoms with Crippen LogP contribution in [0.15, 0.2) is 12.5 Å². The zero-order valence-corrected chi connectivity index (χ0v) is 12.6. The summed E-state index contributed by atoms with van der Waals surface area (Å²) in [5.74, 6) is 0.546. The highest BCUT2D eigenvalue weighted by Crippen LogP contribution is 2.18. The van der Waals surface area contributed by atoms with Gasteiger partial charge in [0, 0.05) is 38.9 Å². The number of methoxy groups -OCH3 is 1. The Morgan fingerprint density at radius 1 is 1.55 bits per heavy atom. The maximum atomic E-state index is 11.6. The van der Waals surface area contributed by atoms with Gasteiger partial charge >= 0.3 is 0 Å². The molecule has 0 fully saturated rings. The average molecular weight is 282 g/mol. The Labute approximate surface area is 120 Å². The largest absolute Gasteiger partial charge is 0.383 e. The van der Waals surface area contributed by atoms with E-state index in [1.54, 1.807) is 19.6 Å². The van der Waals surface area contributed by atoms with Crippen molar-refractivity contribution in [3.63, 3.8) is 0 Å². The number of imidazole rings is 1. The lowest BCUT2D eigenvalue weighted by molar-refractivity contribution is -0.121. The Morgan fingerprint density at radius 2 is 2.30 bits per heavy atom. The van der Waals surface area contributed by atoms with Crippen LogP contribution in [-0.2, 0) is 16.1 Å². The van der Waals surface area contributed by atoms with Crippen LogP contribution in [0.1, 0.15) is 38.4 Å². The maximum Gasteiger partial charge on any atom is 0.221 e. The smallest absolute Gasteiger partial charge is 0.221 e. The van der Waals surface area contributed by atoms with Gasteiger partial charge in [0.05, 0.1) is 18.6 Å². The number of carbonyl (C=O) groups excluding carboxylic acids is 1. The first kappa shape index (κ1) is 16.7. The highest BCUT2D eigenvalue weighted by Gasteiger charge is 2.13. The molecule has 0 aliphatic heterocycles. The Morgan fingerprint density at radius 3 is 2.95 bits per heavy atom. The molecule has 0 aromatic carbocycles. The third-order valence-electron chi connectivity index (χ3n) is 3.06. The van der Waals surface area contributed by atoms with Gasteiger partial charge in [-0.05, 0) is 12.3 Å². The van der Waals surface area contributed by atoms with E-state index in [1.807, 2.05) is 4.57 Å². The number of rotatable bonds is 9. The summed E-state index contributed by atoms with van der Waals surface area (Å²) in [7, 11) is 1.61. The van der Waals surface area contributed by atoms with Crippen molar-refractivity contribution in [1.82, 2.24) is 14.9 Å². The zero-order chi connectivity index (χ0) is 15.0. The van der Waals surface area contributed by atoms with E-state index in [-0.39, 0.29) is 11.9 Å². The quantitative estimate of drug-likeness (QED) is 0.664. The third kappa shape index (κ3) is 5.71. The predicted molar refractivity (Wildman–Crippen MR) is 78.1 cm³/mol. The number of hydrogen-bond acceptors (Lipinski definition) is 4. The molecule has 6 heteroatoms. The van der Waals surface area contributed by atoms with Crippen molar-refractivity contribution in [2.24, 2.45) is 11.7 Å². The first-order chi connectivity index (χ1) is 9.54. The number of nitrogens with one attached hydrogen (secondary N) is 1. The molecule has 1 unspecified atom stereocenters. The van der Waals surface area contributed by atoms with Crippen LogP contribution >= 0.6 is 0 Å². The number of aryl methyl sites for hydroxylation is 1. The van der Waals surface area contributed by atoms with Crippen molar-refractivity contribution < 1.29 is 9.53 Å². The highest BCUT2D eigenvalue weighted by molar-refractivity contribution is 5.75. The van der Waals surface area contributed by atoms with Gasteiger partial charge in [-0.1, -0.05) is 13.8 Å². The van der Waals surface area contributed by atoms with Crippen LogP contribution in [0.2, 0.25) is 0 Å². The maximum absolute atomic E-state index is 11.6. The lowest BCUT2D eigenvalue weighted by Gasteiger charge is -2.16. The van der Waals surface area contributed by atoms with Crippen LogP contribution < -0.4 is 11.1 Å². The number of ether oxygens (including phenoxy) is 1. The van der Waals surface area contributed by atoms with Gasteiger partial charge in [-0.25, -0.2) is 4.98 Å². The fourth-order valence-corrected chi connectivity index (χ4v) is 2.06. The van der Waals surface area contributed by atoms with Gasteiger partial charge in [-0.3, -0.25) is 4.79 Å². The second kappa shape index (κ2) is 8.71. The summed E-state index contributed by atoms with van der Waals surface area (Å²) < 4.78 is 6.84. The monoisotopic (exact) mass is 282 g/mol. The summed E-state index contributed by atoms with van der Waals surface area (Å²) in [5.41, 5.74) is 7.16. The standard InChI is InChI=1S/C14H26N4O2/c1-11(2)8-12(15)13-9-16-10-18(13)6-4-14(19)17-5-7-20-3/h9-12H,4-8,15H2,1-3H3,(H,17,19). The summed E-state index contributed by atoms with van der Waals surface area (Å²) in [6.07, 6.45) is 4.85. The topological polar surface area (TPSA) is 82.2 Å². The van der Waals surface area contributed by atoms with Crippen molar-refractivity contribution in [2.45, 2.75) is 39.3 Å². The highest BCUT2D eigenvalue weighted by atomic mass is 16.5. The summed E-state index contributed by atoms with van der Waals surface area (Å²) in [6, 6.07) is -0.0333. The molecule has 1 atom stereocenters. The van der Waals surface area contributed by atoms with E-state index >= 15 is 0 Å².